The van der Waals surface area contributed by atoms with E-state index >= 15 is 0 Å². The third kappa shape index (κ3) is 4.64. The van der Waals surface area contributed by atoms with Gasteiger partial charge in [-0.1, -0.05) is 42.1 Å². The van der Waals surface area contributed by atoms with Gasteiger partial charge in [-0.05, 0) is 24.3 Å². The van der Waals surface area contributed by atoms with Crippen LogP contribution in [0.4, 0.5) is 5.69 Å². The monoisotopic (exact) mass is 409 g/mol. The molecule has 3 rings (SSSR count). The van der Waals surface area contributed by atoms with E-state index in [9.17, 15) is 14.7 Å². The van der Waals surface area contributed by atoms with Gasteiger partial charge < -0.3 is 16.2 Å². The van der Waals surface area contributed by atoms with Crippen LogP contribution in [0.1, 0.15) is 10.4 Å². The Morgan fingerprint density at radius 2 is 1.90 bits per heavy atom. The Labute approximate surface area is 171 Å². The molecule has 0 aliphatic heterocycles. The van der Waals surface area contributed by atoms with E-state index in [1.807, 2.05) is 0 Å². The lowest BCUT2D eigenvalue weighted by Crippen LogP contribution is -2.19. The first-order valence-corrected chi connectivity index (χ1v) is 9.63. The summed E-state index contributed by atoms with van der Waals surface area (Å²) >= 11 is 1.18. The van der Waals surface area contributed by atoms with Crippen molar-refractivity contribution in [1.29, 1.82) is 0 Å². The van der Waals surface area contributed by atoms with E-state index in [1.54, 1.807) is 59.2 Å². The van der Waals surface area contributed by atoms with Crippen LogP contribution in [0, 0.1) is 0 Å². The van der Waals surface area contributed by atoms with Gasteiger partial charge in [0.2, 0.25) is 5.91 Å². The van der Waals surface area contributed by atoms with Crippen molar-refractivity contribution in [2.45, 2.75) is 11.7 Å². The zero-order valence-corrected chi connectivity index (χ0v) is 16.2. The van der Waals surface area contributed by atoms with Gasteiger partial charge in [0.25, 0.3) is 5.91 Å². The third-order valence-electron chi connectivity index (χ3n) is 3.97. The van der Waals surface area contributed by atoms with E-state index in [2.05, 4.69) is 22.1 Å². The summed E-state index contributed by atoms with van der Waals surface area (Å²) in [5.41, 5.74) is 6.46. The van der Waals surface area contributed by atoms with Crippen molar-refractivity contribution in [3.8, 4) is 17.1 Å². The summed E-state index contributed by atoms with van der Waals surface area (Å²) in [4.78, 5) is 23.8. The molecule has 0 saturated carbocycles. The second-order valence-corrected chi connectivity index (χ2v) is 6.91. The Morgan fingerprint density at radius 3 is 2.62 bits per heavy atom. The number of aromatic hydroxyl groups is 1. The Bertz CT molecular complexity index is 1060. The predicted octanol–water partition coefficient (Wildman–Crippen LogP) is 2.67. The van der Waals surface area contributed by atoms with Gasteiger partial charge in [0, 0.05) is 6.54 Å². The summed E-state index contributed by atoms with van der Waals surface area (Å²) in [5.74, 6) is -0.330. The standard InChI is InChI=1S/C20H19N5O3S/c1-2-11-25-19(14-8-4-6-10-16(14)26)23-24-20(25)29-12-17(27)22-15-9-5-3-7-13(15)18(21)28/h2-10,26H,1,11-12H2,(H2,21,28)(H,22,27). The van der Waals surface area contributed by atoms with E-state index in [4.69, 9.17) is 5.73 Å². The fourth-order valence-electron chi connectivity index (χ4n) is 2.67. The van der Waals surface area contributed by atoms with Gasteiger partial charge in [0.05, 0.1) is 22.6 Å². The minimum absolute atomic E-state index is 0.0448. The van der Waals surface area contributed by atoms with Crippen LogP contribution in [0.25, 0.3) is 11.4 Å². The lowest BCUT2D eigenvalue weighted by Gasteiger charge is -2.10. The summed E-state index contributed by atoms with van der Waals surface area (Å²) in [5, 5.41) is 21.6. The number of carbonyl (C=O) groups is 2. The summed E-state index contributed by atoms with van der Waals surface area (Å²) in [6.07, 6.45) is 1.68. The molecule has 0 aliphatic carbocycles. The number of nitrogens with two attached hydrogens (primary N) is 1. The van der Waals surface area contributed by atoms with Crippen LogP contribution in [0.5, 0.6) is 5.75 Å². The maximum absolute atomic E-state index is 12.4. The summed E-state index contributed by atoms with van der Waals surface area (Å²) in [7, 11) is 0. The van der Waals surface area contributed by atoms with Crippen LogP contribution in [0.3, 0.4) is 0 Å². The molecule has 29 heavy (non-hydrogen) atoms. The first kappa shape index (κ1) is 20.2. The minimum Gasteiger partial charge on any atom is -0.507 e. The van der Waals surface area contributed by atoms with E-state index in [-0.39, 0.29) is 23.0 Å². The minimum atomic E-state index is -0.619. The highest BCUT2D eigenvalue weighted by atomic mass is 32.2. The van der Waals surface area contributed by atoms with Gasteiger partial charge >= 0.3 is 0 Å². The van der Waals surface area contributed by atoms with Crippen molar-refractivity contribution in [1.82, 2.24) is 14.8 Å². The molecule has 8 nitrogen and oxygen atoms in total. The van der Waals surface area contributed by atoms with Crippen molar-refractivity contribution in [3.05, 3.63) is 66.7 Å². The predicted molar refractivity (Wildman–Crippen MR) is 112 cm³/mol. The molecular weight excluding hydrogens is 390 g/mol. The number of nitrogens with zero attached hydrogens (tertiary/aromatic N) is 3. The topological polar surface area (TPSA) is 123 Å². The molecule has 1 heterocycles. The van der Waals surface area contributed by atoms with Gasteiger partial charge in [0.1, 0.15) is 5.75 Å². The molecule has 0 unspecified atom stereocenters. The molecule has 0 radical (unpaired) electrons. The zero-order valence-electron chi connectivity index (χ0n) is 15.4. The third-order valence-corrected chi connectivity index (χ3v) is 4.94. The fraction of sp³-hybridized carbons (Fsp3) is 0.100. The number of allylic oxidation sites excluding steroid dienone is 1. The fourth-order valence-corrected chi connectivity index (χ4v) is 3.42. The first-order chi connectivity index (χ1) is 14.0. The molecule has 148 valence electrons. The highest BCUT2D eigenvalue weighted by Crippen LogP contribution is 2.30. The number of primary amides is 1. The molecular formula is C20H19N5O3S. The molecule has 2 amide bonds. The average Bonchev–Trinajstić information content (AvgIpc) is 3.10. The number of aromatic nitrogens is 3. The number of para-hydroxylation sites is 2. The molecule has 0 saturated heterocycles. The molecule has 9 heteroatoms. The number of anilines is 1. The van der Waals surface area contributed by atoms with Gasteiger partial charge in [0.15, 0.2) is 11.0 Å². The largest absolute Gasteiger partial charge is 0.507 e. The maximum atomic E-state index is 12.4. The van der Waals surface area contributed by atoms with Gasteiger partial charge in [-0.2, -0.15) is 0 Å². The number of hydrogen-bond donors (Lipinski definition) is 3. The molecule has 0 fully saturated rings. The van der Waals surface area contributed by atoms with Crippen LogP contribution in [0.15, 0.2) is 66.3 Å². The Hall–Kier alpha value is -3.59. The number of hydrogen-bond acceptors (Lipinski definition) is 6. The number of phenolic OH excluding ortho intramolecular Hbond substituents is 1. The highest BCUT2D eigenvalue weighted by molar-refractivity contribution is 7.99. The van der Waals surface area contributed by atoms with E-state index < -0.39 is 5.91 Å². The van der Waals surface area contributed by atoms with E-state index in [0.717, 1.165) is 0 Å². The number of amides is 2. The molecule has 0 spiro atoms. The highest BCUT2D eigenvalue weighted by Gasteiger charge is 2.17. The zero-order chi connectivity index (χ0) is 20.8. The normalized spacial score (nSPS) is 10.5. The van der Waals surface area contributed by atoms with E-state index in [0.29, 0.717) is 28.8 Å². The molecule has 0 atom stereocenters. The SMILES string of the molecule is C=CCn1c(SCC(=O)Nc2ccccc2C(N)=O)nnc1-c1ccccc1O. The lowest BCUT2D eigenvalue weighted by molar-refractivity contribution is -0.113. The maximum Gasteiger partial charge on any atom is 0.250 e. The molecule has 0 bridgehead atoms. The summed E-state index contributed by atoms with van der Waals surface area (Å²) < 4.78 is 1.76. The van der Waals surface area contributed by atoms with Crippen LogP contribution >= 0.6 is 11.8 Å². The smallest absolute Gasteiger partial charge is 0.250 e. The molecule has 1 aromatic heterocycles. The Kier molecular flexibility index (Phi) is 6.30. The first-order valence-electron chi connectivity index (χ1n) is 8.65. The van der Waals surface area contributed by atoms with Crippen molar-refractivity contribution < 1.29 is 14.7 Å². The summed E-state index contributed by atoms with van der Waals surface area (Å²) in [6, 6.07) is 13.3. The number of nitrogens with one attached hydrogen (secondary N) is 1. The Balaban J connectivity index is 1.76. The van der Waals surface area contributed by atoms with Crippen molar-refractivity contribution in [2.75, 3.05) is 11.1 Å². The quantitative estimate of drug-likeness (QED) is 0.388. The second-order valence-electron chi connectivity index (χ2n) is 5.97. The van der Waals surface area contributed by atoms with Crippen LogP contribution < -0.4 is 11.1 Å². The average molecular weight is 409 g/mol. The van der Waals surface area contributed by atoms with Crippen LogP contribution in [-0.2, 0) is 11.3 Å². The van der Waals surface area contributed by atoms with Crippen molar-refractivity contribution in [3.63, 3.8) is 0 Å². The van der Waals surface area contributed by atoms with Crippen molar-refractivity contribution >= 4 is 29.3 Å². The number of phenols is 1. The lowest BCUT2D eigenvalue weighted by atomic mass is 10.1. The van der Waals surface area contributed by atoms with Crippen LogP contribution in [0.2, 0.25) is 0 Å². The molecule has 2 aromatic carbocycles. The number of rotatable bonds is 8. The van der Waals surface area contributed by atoms with Gasteiger partial charge in [-0.25, -0.2) is 0 Å². The number of benzene rings is 2. The molecule has 0 aliphatic rings. The van der Waals surface area contributed by atoms with Crippen LogP contribution in [-0.4, -0.2) is 37.4 Å². The molecule has 4 N–H and O–H groups in total. The van der Waals surface area contributed by atoms with Gasteiger partial charge in [-0.3, -0.25) is 14.2 Å². The summed E-state index contributed by atoms with van der Waals surface area (Å²) in [6.45, 7) is 4.15. The van der Waals surface area contributed by atoms with Gasteiger partial charge in [-0.15, -0.1) is 16.8 Å². The van der Waals surface area contributed by atoms with E-state index in [1.165, 1.54) is 11.8 Å². The second kappa shape index (κ2) is 9.07. The number of thioether (sulfide) groups is 1. The Morgan fingerprint density at radius 1 is 1.17 bits per heavy atom. The molecule has 3 aromatic rings. The van der Waals surface area contributed by atoms with Crippen molar-refractivity contribution in [2.24, 2.45) is 5.73 Å². The number of carbonyl (C=O) groups excluding carboxylic acids is 2.